The number of carbonyl (C=O) groups excluding carboxylic acids is 2. The Kier molecular flexibility index (Phi) is 10.6. The number of hydrogen-bond acceptors (Lipinski definition) is 6. The molecular formula is C25H28Cl2F3N3O5S. The number of benzene rings is 2. The van der Waals surface area contributed by atoms with Gasteiger partial charge in [-0.3, -0.25) is 13.8 Å². The summed E-state index contributed by atoms with van der Waals surface area (Å²) in [5.74, 6) is -0.402. The number of rotatable bonds is 6. The molecule has 2 saturated heterocycles. The summed E-state index contributed by atoms with van der Waals surface area (Å²) in [7, 11) is -3.56. The molecule has 214 valence electrons. The zero-order valence-corrected chi connectivity index (χ0v) is 23.3. The number of hydrogen-bond donors (Lipinski definition) is 2. The highest BCUT2D eigenvalue weighted by Crippen LogP contribution is 2.31. The van der Waals surface area contributed by atoms with Crippen LogP contribution in [0.25, 0.3) is 0 Å². The van der Waals surface area contributed by atoms with Crippen molar-refractivity contribution < 1.29 is 35.4 Å². The van der Waals surface area contributed by atoms with Crippen LogP contribution in [-0.2, 0) is 25.3 Å². The van der Waals surface area contributed by atoms with Crippen molar-refractivity contribution in [1.29, 1.82) is 0 Å². The number of halogens is 5. The van der Waals surface area contributed by atoms with E-state index in [9.17, 15) is 31.2 Å². The Morgan fingerprint density at radius 3 is 2.36 bits per heavy atom. The molecule has 0 aromatic heterocycles. The van der Waals surface area contributed by atoms with Crippen LogP contribution in [0.4, 0.5) is 13.2 Å². The van der Waals surface area contributed by atoms with E-state index in [1.165, 1.54) is 23.1 Å². The molecular weight excluding hydrogens is 582 g/mol. The van der Waals surface area contributed by atoms with Crippen molar-refractivity contribution in [2.45, 2.75) is 31.0 Å². The molecule has 0 radical (unpaired) electrons. The van der Waals surface area contributed by atoms with Crippen molar-refractivity contribution in [2.24, 2.45) is 0 Å². The van der Waals surface area contributed by atoms with Gasteiger partial charge in [0, 0.05) is 25.2 Å². The molecule has 2 fully saturated rings. The summed E-state index contributed by atoms with van der Waals surface area (Å²) < 4.78 is 63.9. The van der Waals surface area contributed by atoms with Gasteiger partial charge in [-0.2, -0.15) is 21.6 Å². The van der Waals surface area contributed by atoms with E-state index in [1.54, 1.807) is 12.1 Å². The molecule has 2 aromatic carbocycles. The fraction of sp³-hybridized carbons (Fsp3) is 0.440. The highest BCUT2D eigenvalue weighted by molar-refractivity contribution is 7.86. The van der Waals surface area contributed by atoms with E-state index in [0.717, 1.165) is 43.5 Å². The van der Waals surface area contributed by atoms with Gasteiger partial charge in [-0.15, -0.1) is 0 Å². The lowest BCUT2D eigenvalue weighted by atomic mass is 9.97. The summed E-state index contributed by atoms with van der Waals surface area (Å²) in [5.41, 5.74) is 0.710. The summed E-state index contributed by atoms with van der Waals surface area (Å²) in [6, 6.07) is 9.89. The van der Waals surface area contributed by atoms with Gasteiger partial charge >= 0.3 is 6.18 Å². The predicted octanol–water partition coefficient (Wildman–Crippen LogP) is 4.08. The molecule has 2 atom stereocenters. The average molecular weight is 610 g/mol. The quantitative estimate of drug-likeness (QED) is 0.478. The van der Waals surface area contributed by atoms with E-state index in [4.69, 9.17) is 27.4 Å². The monoisotopic (exact) mass is 609 g/mol. The van der Waals surface area contributed by atoms with Gasteiger partial charge in [0.05, 0.1) is 34.5 Å². The first-order chi connectivity index (χ1) is 18.2. The number of carbonyl (C=O) groups is 2. The topological polar surface area (TPSA) is 105 Å². The Morgan fingerprint density at radius 1 is 1.10 bits per heavy atom. The van der Waals surface area contributed by atoms with E-state index >= 15 is 0 Å². The van der Waals surface area contributed by atoms with Crippen molar-refractivity contribution in [3.63, 3.8) is 0 Å². The molecule has 4 rings (SSSR count). The van der Waals surface area contributed by atoms with E-state index < -0.39 is 33.9 Å². The Labute approximate surface area is 234 Å². The largest absolute Gasteiger partial charge is 0.416 e. The third kappa shape index (κ3) is 9.64. The molecule has 0 spiro atoms. The van der Waals surface area contributed by atoms with Crippen LogP contribution >= 0.6 is 23.2 Å². The van der Waals surface area contributed by atoms with Gasteiger partial charge in [-0.05, 0) is 61.2 Å². The minimum Gasteiger partial charge on any atom is -0.343 e. The highest BCUT2D eigenvalue weighted by Gasteiger charge is 2.31. The van der Waals surface area contributed by atoms with E-state index in [-0.39, 0.29) is 29.6 Å². The van der Waals surface area contributed by atoms with Crippen molar-refractivity contribution in [3.8, 4) is 0 Å². The minimum atomic E-state index is -4.23. The molecule has 2 N–H and O–H groups in total. The number of nitrogens with zero attached hydrogens (tertiary/aromatic N) is 1. The maximum atomic E-state index is 12.3. The maximum Gasteiger partial charge on any atom is 0.416 e. The molecule has 0 bridgehead atoms. The van der Waals surface area contributed by atoms with Gasteiger partial charge in [0.1, 0.15) is 0 Å². The summed E-state index contributed by atoms with van der Waals surface area (Å²) in [6.07, 6.45) is -2.37. The van der Waals surface area contributed by atoms with E-state index in [1.807, 2.05) is 0 Å². The Morgan fingerprint density at radius 2 is 1.79 bits per heavy atom. The molecule has 2 aromatic rings. The zero-order valence-electron chi connectivity index (χ0n) is 20.9. The van der Waals surface area contributed by atoms with E-state index in [2.05, 4.69) is 10.6 Å². The Hall–Kier alpha value is -2.38. The lowest BCUT2D eigenvalue weighted by molar-refractivity contribution is -0.137. The molecule has 2 unspecified atom stereocenters. The number of likely N-dealkylation sites (tertiary alicyclic amines) is 1. The van der Waals surface area contributed by atoms with Gasteiger partial charge in [0.2, 0.25) is 5.91 Å². The van der Waals surface area contributed by atoms with Gasteiger partial charge < -0.3 is 15.5 Å². The molecule has 2 amide bonds. The standard InChI is InChI=1S/C14H16Cl2N2O5S.C11H12F3N/c1-24(21,22)23-10-4-5-18(8-10)13(19)7-17-14(20)9-2-3-11(15)12(16)6-9;12-11(13,14)10-3-1-8(2-4-10)9-5-6-15-7-9/h2-3,6,10H,4-5,7-8H2,1H3,(H,17,20);1-4,9,15H,5-7H2. The molecule has 14 heteroatoms. The summed E-state index contributed by atoms with van der Waals surface area (Å²) >= 11 is 11.6. The fourth-order valence-electron chi connectivity index (χ4n) is 4.17. The van der Waals surface area contributed by atoms with Crippen LogP contribution < -0.4 is 10.6 Å². The van der Waals surface area contributed by atoms with Gasteiger partial charge in [0.25, 0.3) is 16.0 Å². The van der Waals surface area contributed by atoms with Crippen molar-refractivity contribution >= 4 is 45.1 Å². The second-order valence-electron chi connectivity index (χ2n) is 9.17. The van der Waals surface area contributed by atoms with Gasteiger partial charge in [-0.25, -0.2) is 0 Å². The van der Waals surface area contributed by atoms with Crippen LogP contribution in [0.1, 0.15) is 40.2 Å². The molecule has 2 aliphatic heterocycles. The molecule has 8 nitrogen and oxygen atoms in total. The Bertz CT molecular complexity index is 1270. The lowest BCUT2D eigenvalue weighted by Crippen LogP contribution is -2.39. The summed E-state index contributed by atoms with van der Waals surface area (Å²) in [6.45, 7) is 2.16. The van der Waals surface area contributed by atoms with Crippen molar-refractivity contribution in [3.05, 3.63) is 69.2 Å². The number of alkyl halides is 3. The van der Waals surface area contributed by atoms with Crippen LogP contribution in [0.2, 0.25) is 10.0 Å². The lowest BCUT2D eigenvalue weighted by Gasteiger charge is -2.16. The first-order valence-electron chi connectivity index (χ1n) is 12.0. The Balaban J connectivity index is 0.000000239. The third-order valence-electron chi connectivity index (χ3n) is 6.16. The van der Waals surface area contributed by atoms with Crippen molar-refractivity contribution in [1.82, 2.24) is 15.5 Å². The fourth-order valence-corrected chi connectivity index (χ4v) is 5.12. The SMILES string of the molecule is CS(=O)(=O)OC1CCN(C(=O)CNC(=O)c2ccc(Cl)c(Cl)c2)C1.FC(F)(F)c1ccc(C2CCNC2)cc1. The van der Waals surface area contributed by atoms with Gasteiger partial charge in [0.15, 0.2) is 0 Å². The van der Waals surface area contributed by atoms with Crippen LogP contribution in [0.5, 0.6) is 0 Å². The molecule has 0 saturated carbocycles. The highest BCUT2D eigenvalue weighted by atomic mass is 35.5. The van der Waals surface area contributed by atoms with Crippen LogP contribution in [-0.4, -0.2) is 70.2 Å². The molecule has 2 heterocycles. The first kappa shape index (κ1) is 31.2. The smallest absolute Gasteiger partial charge is 0.343 e. The predicted molar refractivity (Wildman–Crippen MR) is 141 cm³/mol. The summed E-state index contributed by atoms with van der Waals surface area (Å²) in [5, 5.41) is 6.27. The molecule has 2 aliphatic rings. The molecule has 0 aliphatic carbocycles. The van der Waals surface area contributed by atoms with Gasteiger partial charge in [-0.1, -0.05) is 35.3 Å². The minimum absolute atomic E-state index is 0.175. The number of amides is 2. The second kappa shape index (κ2) is 13.3. The maximum absolute atomic E-state index is 12.3. The second-order valence-corrected chi connectivity index (χ2v) is 11.6. The average Bonchev–Trinajstić information content (AvgIpc) is 3.56. The van der Waals surface area contributed by atoms with Crippen LogP contribution in [0.3, 0.4) is 0 Å². The normalized spacial score (nSPS) is 19.4. The number of nitrogens with one attached hydrogen (secondary N) is 2. The summed E-state index contributed by atoms with van der Waals surface area (Å²) in [4.78, 5) is 25.5. The first-order valence-corrected chi connectivity index (χ1v) is 14.6. The third-order valence-corrected chi connectivity index (χ3v) is 7.52. The van der Waals surface area contributed by atoms with Crippen LogP contribution in [0, 0.1) is 0 Å². The zero-order chi connectivity index (χ0) is 28.8. The van der Waals surface area contributed by atoms with E-state index in [0.29, 0.717) is 23.9 Å². The van der Waals surface area contributed by atoms with Crippen LogP contribution in [0.15, 0.2) is 42.5 Å². The van der Waals surface area contributed by atoms with Crippen molar-refractivity contribution in [2.75, 3.05) is 39.0 Å². The molecule has 39 heavy (non-hydrogen) atoms.